The van der Waals surface area contributed by atoms with E-state index in [4.69, 9.17) is 0 Å². The van der Waals surface area contributed by atoms with Crippen molar-refractivity contribution in [1.29, 1.82) is 0 Å². The normalized spacial score (nSPS) is 12.4. The molecule has 1 aromatic carbocycles. The summed E-state index contributed by atoms with van der Waals surface area (Å²) in [5.41, 5.74) is 1.06. The van der Waals surface area contributed by atoms with Crippen LogP contribution in [0.4, 0.5) is 24.7 Å². The van der Waals surface area contributed by atoms with Crippen LogP contribution >= 0.6 is 0 Å². The summed E-state index contributed by atoms with van der Waals surface area (Å²) >= 11 is 0. The first-order valence-corrected chi connectivity index (χ1v) is 8.64. The smallest absolute Gasteiger partial charge is 0.406 e. The zero-order valence-corrected chi connectivity index (χ0v) is 16.1. The number of aromatic nitrogens is 1. The number of halogens is 3. The zero-order chi connectivity index (χ0) is 21.6. The summed E-state index contributed by atoms with van der Waals surface area (Å²) in [5.74, 6) is -0.721. The number of carbonyl (C=O) groups is 2. The minimum Gasteiger partial charge on any atom is -0.406 e. The van der Waals surface area contributed by atoms with Crippen LogP contribution in [0.5, 0.6) is 5.75 Å². The molecule has 2 N–H and O–H groups in total. The van der Waals surface area contributed by atoms with Crippen molar-refractivity contribution in [2.45, 2.75) is 26.3 Å². The van der Waals surface area contributed by atoms with Crippen LogP contribution in [-0.2, 0) is 9.59 Å². The molecule has 0 saturated carbocycles. The molecule has 7 nitrogen and oxygen atoms in total. The molecule has 0 aliphatic carbocycles. The summed E-state index contributed by atoms with van der Waals surface area (Å²) < 4.78 is 40.3. The molecule has 156 valence electrons. The Hall–Kier alpha value is -3.14. The number of anilines is 2. The van der Waals surface area contributed by atoms with Crippen molar-refractivity contribution in [3.05, 3.63) is 48.2 Å². The molecular formula is C19H21F3N4O3. The van der Waals surface area contributed by atoms with Gasteiger partial charge in [-0.1, -0.05) is 6.07 Å². The molecule has 1 heterocycles. The van der Waals surface area contributed by atoms with Crippen LogP contribution in [0.1, 0.15) is 12.6 Å². The number of amides is 2. The number of ether oxygens (including phenoxy) is 1. The minimum absolute atomic E-state index is 0.0530. The van der Waals surface area contributed by atoms with Gasteiger partial charge in [0, 0.05) is 11.4 Å². The molecule has 10 heteroatoms. The molecule has 0 aliphatic rings. The van der Waals surface area contributed by atoms with E-state index in [-0.39, 0.29) is 18.2 Å². The standard InChI is InChI=1S/C19H21F3N4O3/c1-12-5-4-6-16(23-12)25-17(27)11-26(3)13(2)18(28)24-14-7-9-15(10-8-14)29-19(20,21)22/h4-10,13H,11H2,1-3H3,(H,24,28)(H,23,25,27). The molecule has 0 radical (unpaired) electrons. The summed E-state index contributed by atoms with van der Waals surface area (Å²) in [5, 5.41) is 5.23. The lowest BCUT2D eigenvalue weighted by Gasteiger charge is -2.23. The summed E-state index contributed by atoms with van der Waals surface area (Å²) in [6.07, 6.45) is -4.78. The fraction of sp³-hybridized carbons (Fsp3) is 0.316. The van der Waals surface area contributed by atoms with Gasteiger partial charge in [-0.2, -0.15) is 0 Å². The van der Waals surface area contributed by atoms with Gasteiger partial charge in [-0.3, -0.25) is 14.5 Å². The monoisotopic (exact) mass is 410 g/mol. The number of aryl methyl sites for hydroxylation is 1. The van der Waals surface area contributed by atoms with Crippen LogP contribution in [0.3, 0.4) is 0 Å². The van der Waals surface area contributed by atoms with Crippen molar-refractivity contribution in [2.24, 2.45) is 0 Å². The van der Waals surface area contributed by atoms with E-state index in [2.05, 4.69) is 20.4 Å². The van der Waals surface area contributed by atoms with Crippen LogP contribution in [0.15, 0.2) is 42.5 Å². The Labute approximate surface area is 165 Å². The fourth-order valence-corrected chi connectivity index (χ4v) is 2.35. The van der Waals surface area contributed by atoms with Gasteiger partial charge in [0.1, 0.15) is 11.6 Å². The fourth-order valence-electron chi connectivity index (χ4n) is 2.35. The van der Waals surface area contributed by atoms with Crippen molar-refractivity contribution < 1.29 is 27.5 Å². The number of nitrogens with one attached hydrogen (secondary N) is 2. The van der Waals surface area contributed by atoms with Gasteiger partial charge in [-0.15, -0.1) is 13.2 Å². The average molecular weight is 410 g/mol. The van der Waals surface area contributed by atoms with Crippen LogP contribution in [0, 0.1) is 6.92 Å². The molecule has 0 bridgehead atoms. The lowest BCUT2D eigenvalue weighted by Crippen LogP contribution is -2.43. The molecule has 2 aromatic rings. The number of pyridine rings is 1. The Bertz CT molecular complexity index is 857. The third-order valence-electron chi connectivity index (χ3n) is 3.94. The lowest BCUT2D eigenvalue weighted by molar-refractivity contribution is -0.274. The van der Waals surface area contributed by atoms with E-state index < -0.39 is 18.3 Å². The number of carbonyl (C=O) groups excluding carboxylic acids is 2. The summed E-state index contributed by atoms with van der Waals surface area (Å²) in [7, 11) is 1.60. The predicted molar refractivity (Wildman–Crippen MR) is 101 cm³/mol. The molecular weight excluding hydrogens is 389 g/mol. The molecule has 0 fully saturated rings. The number of hydrogen-bond donors (Lipinski definition) is 2. The predicted octanol–water partition coefficient (Wildman–Crippen LogP) is 3.19. The number of hydrogen-bond acceptors (Lipinski definition) is 5. The molecule has 2 amide bonds. The Morgan fingerprint density at radius 3 is 2.38 bits per heavy atom. The summed E-state index contributed by atoms with van der Waals surface area (Å²) in [6, 6.07) is 9.34. The topological polar surface area (TPSA) is 83.6 Å². The van der Waals surface area contributed by atoms with Crippen molar-refractivity contribution in [1.82, 2.24) is 9.88 Å². The zero-order valence-electron chi connectivity index (χ0n) is 16.1. The van der Waals surface area contributed by atoms with Gasteiger partial charge in [0.2, 0.25) is 11.8 Å². The largest absolute Gasteiger partial charge is 0.573 e. The van der Waals surface area contributed by atoms with E-state index in [1.54, 1.807) is 39.1 Å². The molecule has 29 heavy (non-hydrogen) atoms. The van der Waals surface area contributed by atoms with Crippen LogP contribution in [0.2, 0.25) is 0 Å². The molecule has 1 unspecified atom stereocenters. The van der Waals surface area contributed by atoms with E-state index in [0.29, 0.717) is 11.5 Å². The van der Waals surface area contributed by atoms with Gasteiger partial charge in [-0.25, -0.2) is 4.98 Å². The van der Waals surface area contributed by atoms with E-state index in [9.17, 15) is 22.8 Å². The molecule has 0 spiro atoms. The van der Waals surface area contributed by atoms with Gasteiger partial charge in [0.15, 0.2) is 0 Å². The second-order valence-electron chi connectivity index (χ2n) is 6.36. The molecule has 0 saturated heterocycles. The number of alkyl halides is 3. The molecule has 2 rings (SSSR count). The number of benzene rings is 1. The van der Waals surface area contributed by atoms with Crippen LogP contribution in [0.25, 0.3) is 0 Å². The third-order valence-corrected chi connectivity index (χ3v) is 3.94. The van der Waals surface area contributed by atoms with E-state index in [0.717, 1.165) is 17.8 Å². The van der Waals surface area contributed by atoms with Gasteiger partial charge in [0.05, 0.1) is 12.6 Å². The molecule has 0 aliphatic heterocycles. The number of rotatable bonds is 7. The van der Waals surface area contributed by atoms with Crippen LogP contribution in [-0.4, -0.2) is 47.7 Å². The molecule has 1 aromatic heterocycles. The highest BCUT2D eigenvalue weighted by Crippen LogP contribution is 2.24. The van der Waals surface area contributed by atoms with Gasteiger partial charge in [-0.05, 0) is 57.3 Å². The second kappa shape index (κ2) is 9.37. The second-order valence-corrected chi connectivity index (χ2v) is 6.36. The first kappa shape index (κ1) is 22.2. The van der Waals surface area contributed by atoms with Crippen molar-refractivity contribution in [3.8, 4) is 5.75 Å². The lowest BCUT2D eigenvalue weighted by atomic mass is 10.2. The van der Waals surface area contributed by atoms with Crippen molar-refractivity contribution in [2.75, 3.05) is 24.2 Å². The van der Waals surface area contributed by atoms with Crippen molar-refractivity contribution >= 4 is 23.3 Å². The highest BCUT2D eigenvalue weighted by Gasteiger charge is 2.31. The van der Waals surface area contributed by atoms with E-state index in [1.165, 1.54) is 17.0 Å². The Balaban J connectivity index is 1.87. The van der Waals surface area contributed by atoms with E-state index in [1.807, 2.05) is 0 Å². The third kappa shape index (κ3) is 7.41. The SMILES string of the molecule is Cc1cccc(NC(=O)CN(C)C(C)C(=O)Nc2ccc(OC(F)(F)F)cc2)n1. The molecule has 1 atom stereocenters. The first-order chi connectivity index (χ1) is 13.5. The van der Waals surface area contributed by atoms with Gasteiger partial charge < -0.3 is 15.4 Å². The maximum absolute atomic E-state index is 12.3. The first-order valence-electron chi connectivity index (χ1n) is 8.64. The maximum atomic E-state index is 12.3. The van der Waals surface area contributed by atoms with E-state index >= 15 is 0 Å². The Morgan fingerprint density at radius 2 is 1.79 bits per heavy atom. The highest BCUT2D eigenvalue weighted by molar-refractivity contribution is 5.96. The van der Waals surface area contributed by atoms with Crippen LogP contribution < -0.4 is 15.4 Å². The van der Waals surface area contributed by atoms with Crippen molar-refractivity contribution in [3.63, 3.8) is 0 Å². The minimum atomic E-state index is -4.78. The summed E-state index contributed by atoms with van der Waals surface area (Å²) in [6.45, 7) is 3.35. The van der Waals surface area contributed by atoms with Gasteiger partial charge >= 0.3 is 6.36 Å². The highest BCUT2D eigenvalue weighted by atomic mass is 19.4. The maximum Gasteiger partial charge on any atom is 0.573 e. The Kier molecular flexibility index (Phi) is 7.16. The van der Waals surface area contributed by atoms with Gasteiger partial charge in [0.25, 0.3) is 0 Å². The Morgan fingerprint density at radius 1 is 1.14 bits per heavy atom. The number of likely N-dealkylation sites (N-methyl/N-ethyl adjacent to an activating group) is 1. The quantitative estimate of drug-likeness (QED) is 0.733. The average Bonchev–Trinajstić information content (AvgIpc) is 2.61. The summed E-state index contributed by atoms with van der Waals surface area (Å²) in [4.78, 5) is 30.2. The number of nitrogens with zero attached hydrogens (tertiary/aromatic N) is 2.